The van der Waals surface area contributed by atoms with Crippen LogP contribution in [0.15, 0.2) is 40.6 Å². The molecule has 0 unspecified atom stereocenters. The van der Waals surface area contributed by atoms with Crippen LogP contribution in [-0.4, -0.2) is 21.2 Å². The fourth-order valence-corrected chi connectivity index (χ4v) is 2.45. The van der Waals surface area contributed by atoms with E-state index in [9.17, 15) is 0 Å². The molecule has 2 aromatic rings. The molecule has 2 rings (SSSR count). The summed E-state index contributed by atoms with van der Waals surface area (Å²) >= 11 is 3.02. The van der Waals surface area contributed by atoms with Gasteiger partial charge in [0.1, 0.15) is 0 Å². The molecule has 1 heterocycles. The summed E-state index contributed by atoms with van der Waals surface area (Å²) in [6.45, 7) is 0. The van der Waals surface area contributed by atoms with E-state index in [2.05, 4.69) is 27.1 Å². The van der Waals surface area contributed by atoms with Crippen LogP contribution in [0.3, 0.4) is 0 Å². The number of hydrogen-bond donors (Lipinski definition) is 1. The molecule has 0 spiro atoms. The first-order valence-corrected chi connectivity index (χ1v) is 7.21. The van der Waals surface area contributed by atoms with Gasteiger partial charge in [-0.05, 0) is 11.8 Å². The summed E-state index contributed by atoms with van der Waals surface area (Å²) in [6, 6.07) is 10.2. The molecule has 2 N–H and O–H groups in total. The van der Waals surface area contributed by atoms with Crippen molar-refractivity contribution >= 4 is 29.5 Å². The third-order valence-corrected chi connectivity index (χ3v) is 3.47. The second kappa shape index (κ2) is 5.88. The van der Waals surface area contributed by atoms with Gasteiger partial charge in [-0.15, -0.1) is 0 Å². The van der Waals surface area contributed by atoms with Crippen LogP contribution in [0, 0.1) is 0 Å². The van der Waals surface area contributed by atoms with Crippen molar-refractivity contribution in [2.24, 2.45) is 0 Å². The molecular formula is C11H12N4S2. The van der Waals surface area contributed by atoms with Crippen molar-refractivity contribution in [3.05, 3.63) is 35.9 Å². The maximum atomic E-state index is 5.62. The van der Waals surface area contributed by atoms with E-state index >= 15 is 0 Å². The Morgan fingerprint density at radius 2 is 1.76 bits per heavy atom. The first-order valence-electron chi connectivity index (χ1n) is 5.00. The van der Waals surface area contributed by atoms with Gasteiger partial charge in [0, 0.05) is 5.75 Å². The molecule has 0 saturated carbocycles. The van der Waals surface area contributed by atoms with Gasteiger partial charge in [-0.3, -0.25) is 0 Å². The maximum Gasteiger partial charge on any atom is 0.225 e. The molecule has 0 atom stereocenters. The molecule has 0 radical (unpaired) electrons. The Labute approximate surface area is 108 Å². The van der Waals surface area contributed by atoms with Gasteiger partial charge >= 0.3 is 0 Å². The molecule has 0 bridgehead atoms. The molecule has 0 aliphatic carbocycles. The molecule has 0 aliphatic heterocycles. The number of hydrogen-bond acceptors (Lipinski definition) is 6. The lowest BCUT2D eigenvalue weighted by Gasteiger charge is -2.02. The number of nitrogens with zero attached hydrogens (tertiary/aromatic N) is 3. The topological polar surface area (TPSA) is 64.7 Å². The maximum absolute atomic E-state index is 5.62. The standard InChI is InChI=1S/C11H12N4S2/c1-16-10-13-9(12)14-11(15-10)17-7-8-5-3-2-4-6-8/h2-6H,7H2,1H3,(H2,12,13,14,15). The Hall–Kier alpha value is -1.27. The van der Waals surface area contributed by atoms with E-state index in [-0.39, 0.29) is 5.95 Å². The van der Waals surface area contributed by atoms with E-state index in [0.717, 1.165) is 5.75 Å². The summed E-state index contributed by atoms with van der Waals surface area (Å²) in [4.78, 5) is 12.4. The number of nitrogen functional groups attached to an aromatic ring is 1. The quantitative estimate of drug-likeness (QED) is 0.856. The number of rotatable bonds is 4. The van der Waals surface area contributed by atoms with Crippen LogP contribution < -0.4 is 5.73 Å². The van der Waals surface area contributed by atoms with E-state index in [1.54, 1.807) is 11.8 Å². The second-order valence-electron chi connectivity index (χ2n) is 3.24. The Morgan fingerprint density at radius 1 is 1.06 bits per heavy atom. The van der Waals surface area contributed by atoms with Gasteiger partial charge in [0.2, 0.25) is 5.95 Å². The van der Waals surface area contributed by atoms with Gasteiger partial charge in [-0.1, -0.05) is 53.9 Å². The van der Waals surface area contributed by atoms with Gasteiger partial charge in [0.15, 0.2) is 10.3 Å². The summed E-state index contributed by atoms with van der Waals surface area (Å²) in [5.41, 5.74) is 6.85. The van der Waals surface area contributed by atoms with E-state index < -0.39 is 0 Å². The summed E-state index contributed by atoms with van der Waals surface area (Å²) in [5, 5.41) is 1.33. The minimum atomic E-state index is 0.278. The summed E-state index contributed by atoms with van der Waals surface area (Å²) < 4.78 is 0. The van der Waals surface area contributed by atoms with Crippen LogP contribution in [0.2, 0.25) is 0 Å². The highest BCUT2D eigenvalue weighted by atomic mass is 32.2. The number of nitrogens with two attached hydrogens (primary N) is 1. The smallest absolute Gasteiger partial charge is 0.225 e. The van der Waals surface area contributed by atoms with Crippen LogP contribution in [-0.2, 0) is 5.75 Å². The average molecular weight is 264 g/mol. The Balaban J connectivity index is 2.06. The number of anilines is 1. The van der Waals surface area contributed by atoms with E-state index in [0.29, 0.717) is 10.3 Å². The summed E-state index contributed by atoms with van der Waals surface area (Å²) in [5.74, 6) is 1.11. The molecule has 0 saturated heterocycles. The third-order valence-electron chi connectivity index (χ3n) is 2.01. The molecule has 4 nitrogen and oxygen atoms in total. The monoisotopic (exact) mass is 264 g/mol. The number of thioether (sulfide) groups is 2. The van der Waals surface area contributed by atoms with Crippen molar-refractivity contribution in [1.29, 1.82) is 0 Å². The summed E-state index contributed by atoms with van der Waals surface area (Å²) in [6.07, 6.45) is 1.92. The van der Waals surface area contributed by atoms with Crippen LogP contribution in [0.1, 0.15) is 5.56 Å². The fourth-order valence-electron chi connectivity index (χ4n) is 1.23. The molecular weight excluding hydrogens is 252 g/mol. The number of benzene rings is 1. The highest BCUT2D eigenvalue weighted by molar-refractivity contribution is 7.99. The van der Waals surface area contributed by atoms with Crippen LogP contribution >= 0.6 is 23.5 Å². The first-order chi connectivity index (χ1) is 8.28. The van der Waals surface area contributed by atoms with E-state index in [1.807, 2.05) is 24.5 Å². The molecule has 1 aromatic heterocycles. The van der Waals surface area contributed by atoms with E-state index in [4.69, 9.17) is 5.73 Å². The van der Waals surface area contributed by atoms with Crippen LogP contribution in [0.5, 0.6) is 0 Å². The summed E-state index contributed by atoms with van der Waals surface area (Å²) in [7, 11) is 0. The van der Waals surface area contributed by atoms with Gasteiger partial charge in [-0.25, -0.2) is 0 Å². The Bertz CT molecular complexity index is 490. The largest absolute Gasteiger partial charge is 0.368 e. The lowest BCUT2D eigenvalue weighted by Crippen LogP contribution is -2.00. The average Bonchev–Trinajstić information content (AvgIpc) is 2.37. The molecule has 6 heteroatoms. The minimum absolute atomic E-state index is 0.278. The highest BCUT2D eigenvalue weighted by Crippen LogP contribution is 2.21. The Kier molecular flexibility index (Phi) is 4.22. The SMILES string of the molecule is CSc1nc(N)nc(SCc2ccccc2)n1. The molecule has 0 aliphatic rings. The third kappa shape index (κ3) is 3.61. The van der Waals surface area contributed by atoms with E-state index in [1.165, 1.54) is 17.3 Å². The normalized spacial score (nSPS) is 10.4. The zero-order valence-corrected chi connectivity index (χ0v) is 11.0. The Morgan fingerprint density at radius 3 is 2.47 bits per heavy atom. The first kappa shape index (κ1) is 12.2. The number of aromatic nitrogens is 3. The van der Waals surface area contributed by atoms with Crippen LogP contribution in [0.4, 0.5) is 5.95 Å². The van der Waals surface area contributed by atoms with Gasteiger partial charge in [0.05, 0.1) is 0 Å². The fraction of sp³-hybridized carbons (Fsp3) is 0.182. The highest BCUT2D eigenvalue weighted by Gasteiger charge is 2.04. The lowest BCUT2D eigenvalue weighted by atomic mass is 10.2. The predicted octanol–water partition coefficient (Wildman–Crippen LogP) is 2.47. The van der Waals surface area contributed by atoms with Crippen molar-refractivity contribution in [2.45, 2.75) is 16.1 Å². The van der Waals surface area contributed by atoms with Crippen molar-refractivity contribution in [3.8, 4) is 0 Å². The van der Waals surface area contributed by atoms with Crippen molar-refractivity contribution in [1.82, 2.24) is 15.0 Å². The van der Waals surface area contributed by atoms with Gasteiger partial charge < -0.3 is 5.73 Å². The van der Waals surface area contributed by atoms with Crippen LogP contribution in [0.25, 0.3) is 0 Å². The molecule has 88 valence electrons. The zero-order chi connectivity index (χ0) is 12.1. The van der Waals surface area contributed by atoms with Crippen molar-refractivity contribution < 1.29 is 0 Å². The predicted molar refractivity (Wildman–Crippen MR) is 72.0 cm³/mol. The molecule has 0 amide bonds. The molecule has 1 aromatic carbocycles. The zero-order valence-electron chi connectivity index (χ0n) is 9.33. The minimum Gasteiger partial charge on any atom is -0.368 e. The second-order valence-corrected chi connectivity index (χ2v) is 4.95. The van der Waals surface area contributed by atoms with Crippen molar-refractivity contribution in [2.75, 3.05) is 12.0 Å². The van der Waals surface area contributed by atoms with Gasteiger partial charge in [0.25, 0.3) is 0 Å². The van der Waals surface area contributed by atoms with Gasteiger partial charge in [-0.2, -0.15) is 15.0 Å². The molecule has 17 heavy (non-hydrogen) atoms. The van der Waals surface area contributed by atoms with Crippen molar-refractivity contribution in [3.63, 3.8) is 0 Å². The molecule has 0 fully saturated rings. The lowest BCUT2D eigenvalue weighted by molar-refractivity contribution is 0.814.